The van der Waals surface area contributed by atoms with Crippen LogP contribution in [0.1, 0.15) is 79.0 Å². The highest BCUT2D eigenvalue weighted by Gasteiger charge is 2.25. The van der Waals surface area contributed by atoms with Gasteiger partial charge in [-0.25, -0.2) is 4.98 Å². The molecule has 0 N–H and O–H groups in total. The van der Waals surface area contributed by atoms with E-state index < -0.39 is 0 Å². The van der Waals surface area contributed by atoms with Crippen molar-refractivity contribution in [2.45, 2.75) is 83.5 Å². The van der Waals surface area contributed by atoms with E-state index in [1.54, 1.807) is 0 Å². The minimum atomic E-state index is -0.0514. The first-order valence-electron chi connectivity index (χ1n) is 15.5. The second-order valence-corrected chi connectivity index (χ2v) is 15.5. The monoisotopic (exact) mass is 597 g/mol. The van der Waals surface area contributed by atoms with Crippen molar-refractivity contribution in [2.75, 3.05) is 0 Å². The second-order valence-electron chi connectivity index (χ2n) is 15.1. The molecule has 3 nitrogen and oxygen atoms in total. The first kappa shape index (κ1) is 30.1. The summed E-state index contributed by atoms with van der Waals surface area (Å²) in [6.07, 6.45) is 1.85. The largest absolute Gasteiger partial charge is 0.294 e. The highest BCUT2D eigenvalue weighted by atomic mass is 32.1. The molecule has 224 valence electrons. The summed E-state index contributed by atoms with van der Waals surface area (Å²) < 4.78 is 2.31. The molecule has 0 bridgehead atoms. The van der Waals surface area contributed by atoms with Gasteiger partial charge in [-0.05, 0) is 81.5 Å². The Hall–Kier alpha value is -3.89. The van der Waals surface area contributed by atoms with Gasteiger partial charge in [0.2, 0.25) is 0 Å². The lowest BCUT2D eigenvalue weighted by Gasteiger charge is -2.28. The summed E-state index contributed by atoms with van der Waals surface area (Å²) in [5.41, 5.74) is 10.1. The fourth-order valence-corrected chi connectivity index (χ4v) is 6.54. The average Bonchev–Trinajstić information content (AvgIpc) is 3.29. The van der Waals surface area contributed by atoms with Crippen LogP contribution in [0.2, 0.25) is 0 Å². The molecular weight excluding hydrogens is 555 g/mol. The molecule has 3 heterocycles. The van der Waals surface area contributed by atoms with Gasteiger partial charge in [0.05, 0.1) is 22.4 Å². The van der Waals surface area contributed by atoms with Crippen LogP contribution in [-0.2, 0) is 16.2 Å². The van der Waals surface area contributed by atoms with Crippen LogP contribution in [0.4, 0.5) is 0 Å². The molecule has 0 radical (unpaired) electrons. The predicted octanol–water partition coefficient (Wildman–Crippen LogP) is 11.1. The van der Waals surface area contributed by atoms with E-state index in [4.69, 9.17) is 17.6 Å². The number of rotatable bonds is 3. The number of thiol groups is 1. The molecule has 0 atom stereocenters. The van der Waals surface area contributed by atoms with Crippen molar-refractivity contribution >= 4 is 34.4 Å². The zero-order valence-electron chi connectivity index (χ0n) is 27.4. The molecule has 0 aliphatic carbocycles. The van der Waals surface area contributed by atoms with Crippen LogP contribution in [0, 0.1) is 0 Å². The molecule has 0 aliphatic heterocycles. The maximum Gasteiger partial charge on any atom is 0.138 e. The van der Waals surface area contributed by atoms with E-state index in [9.17, 15) is 0 Å². The van der Waals surface area contributed by atoms with Gasteiger partial charge < -0.3 is 0 Å². The van der Waals surface area contributed by atoms with Crippen molar-refractivity contribution in [3.8, 4) is 28.3 Å². The number of aromatic nitrogens is 3. The summed E-state index contributed by atoms with van der Waals surface area (Å²) in [4.78, 5) is 11.0. The first-order valence-corrected chi connectivity index (χ1v) is 15.9. The minimum absolute atomic E-state index is 0.00664. The van der Waals surface area contributed by atoms with E-state index in [1.165, 1.54) is 27.5 Å². The van der Waals surface area contributed by atoms with Gasteiger partial charge in [-0.2, -0.15) is 0 Å². The van der Waals surface area contributed by atoms with Crippen LogP contribution in [0.3, 0.4) is 0 Å². The fourth-order valence-electron chi connectivity index (χ4n) is 5.96. The molecule has 6 aromatic rings. The van der Waals surface area contributed by atoms with Gasteiger partial charge in [0.1, 0.15) is 5.82 Å². The summed E-state index contributed by atoms with van der Waals surface area (Å²) in [7, 11) is 0. The van der Waals surface area contributed by atoms with E-state index in [1.807, 2.05) is 18.3 Å². The molecule has 0 amide bonds. The summed E-state index contributed by atoms with van der Waals surface area (Å²) in [6.45, 7) is 20.4. The third-order valence-corrected chi connectivity index (χ3v) is 9.10. The van der Waals surface area contributed by atoms with Crippen molar-refractivity contribution in [3.63, 3.8) is 0 Å². The van der Waals surface area contributed by atoms with Gasteiger partial charge in [0.25, 0.3) is 0 Å². The Morgan fingerprint density at radius 1 is 0.591 bits per heavy atom. The van der Waals surface area contributed by atoms with E-state index in [2.05, 4.69) is 145 Å². The number of pyridine rings is 2. The molecule has 0 saturated carbocycles. The highest BCUT2D eigenvalue weighted by molar-refractivity contribution is 7.80. The third-order valence-electron chi connectivity index (χ3n) is 8.62. The van der Waals surface area contributed by atoms with Gasteiger partial charge in [-0.3, -0.25) is 9.55 Å². The average molecular weight is 598 g/mol. The molecule has 0 spiro atoms. The van der Waals surface area contributed by atoms with Crippen molar-refractivity contribution in [1.82, 2.24) is 14.5 Å². The highest BCUT2D eigenvalue weighted by Crippen LogP contribution is 2.41. The van der Waals surface area contributed by atoms with Crippen LogP contribution >= 0.6 is 12.6 Å². The van der Waals surface area contributed by atoms with E-state index >= 15 is 0 Å². The lowest BCUT2D eigenvalue weighted by atomic mass is 9.79. The van der Waals surface area contributed by atoms with Gasteiger partial charge in [-0.15, -0.1) is 12.6 Å². The SMILES string of the molecule is CC(C)(C)c1cc(-c2cccc(-n3c4ccc(C(C)(C)C)cc4c4ccc(-c5ccccn5)cc43)n2)c(S)c(C(C)(C)C)c1. The number of benzene rings is 3. The van der Waals surface area contributed by atoms with Gasteiger partial charge >= 0.3 is 0 Å². The summed E-state index contributed by atoms with van der Waals surface area (Å²) in [5.74, 6) is 0.885. The van der Waals surface area contributed by atoms with Crippen LogP contribution in [0.15, 0.2) is 96.0 Å². The van der Waals surface area contributed by atoms with Gasteiger partial charge in [0, 0.05) is 33.0 Å². The van der Waals surface area contributed by atoms with Crippen molar-refractivity contribution in [1.29, 1.82) is 0 Å². The topological polar surface area (TPSA) is 30.7 Å². The maximum atomic E-state index is 5.36. The third kappa shape index (κ3) is 5.45. The zero-order valence-corrected chi connectivity index (χ0v) is 28.3. The van der Waals surface area contributed by atoms with Crippen LogP contribution < -0.4 is 0 Å². The summed E-state index contributed by atoms with van der Waals surface area (Å²) >= 11 is 5.12. The zero-order chi connectivity index (χ0) is 31.6. The number of fused-ring (bicyclic) bond motifs is 3. The van der Waals surface area contributed by atoms with Crippen molar-refractivity contribution in [3.05, 3.63) is 108 Å². The molecular formula is C40H43N3S. The standard InChI is InChI=1S/C40H43N3S/c1-38(2,3)26-17-19-34-29(22-26)28-18-16-25(32-13-10-11-20-41-32)21-35(28)43(34)36-15-12-14-33(42-36)30-23-27(39(4,5)6)24-31(37(30)44)40(7,8)9/h10-24,44H,1-9H3. The molecule has 0 saturated heterocycles. The smallest absolute Gasteiger partial charge is 0.138 e. The molecule has 44 heavy (non-hydrogen) atoms. The molecule has 4 heteroatoms. The molecule has 0 unspecified atom stereocenters. The van der Waals surface area contributed by atoms with Crippen LogP contribution in [0.25, 0.3) is 50.1 Å². The number of hydrogen-bond donors (Lipinski definition) is 1. The van der Waals surface area contributed by atoms with Crippen LogP contribution in [0.5, 0.6) is 0 Å². The Morgan fingerprint density at radius 2 is 1.32 bits per heavy atom. The maximum absolute atomic E-state index is 5.36. The Bertz CT molecular complexity index is 2010. The Labute approximate surface area is 267 Å². The van der Waals surface area contributed by atoms with E-state index in [0.717, 1.165) is 44.3 Å². The lowest BCUT2D eigenvalue weighted by molar-refractivity contribution is 0.560. The summed E-state index contributed by atoms with van der Waals surface area (Å²) in [6, 6.07) is 30.6. The second kappa shape index (κ2) is 10.6. The van der Waals surface area contributed by atoms with Crippen LogP contribution in [-0.4, -0.2) is 14.5 Å². The normalized spacial score (nSPS) is 12.8. The molecule has 0 aliphatic rings. The van der Waals surface area contributed by atoms with E-state index in [0.29, 0.717) is 0 Å². The lowest BCUT2D eigenvalue weighted by Crippen LogP contribution is -2.17. The minimum Gasteiger partial charge on any atom is -0.294 e. The van der Waals surface area contributed by atoms with Crippen molar-refractivity contribution in [2.24, 2.45) is 0 Å². The van der Waals surface area contributed by atoms with E-state index in [-0.39, 0.29) is 16.2 Å². The van der Waals surface area contributed by atoms with Gasteiger partial charge in [-0.1, -0.05) is 98.7 Å². The molecule has 6 rings (SSSR count). The Morgan fingerprint density at radius 3 is 1.98 bits per heavy atom. The quantitative estimate of drug-likeness (QED) is 0.206. The summed E-state index contributed by atoms with van der Waals surface area (Å²) in [5, 5.41) is 2.43. The number of nitrogens with zero attached hydrogens (tertiary/aromatic N) is 3. The Balaban J connectivity index is 1.63. The van der Waals surface area contributed by atoms with Gasteiger partial charge in [0.15, 0.2) is 0 Å². The Kier molecular flexibility index (Phi) is 7.28. The first-order chi connectivity index (χ1) is 20.6. The molecule has 3 aromatic heterocycles. The fraction of sp³-hybridized carbons (Fsp3) is 0.300. The molecule has 3 aromatic carbocycles. The van der Waals surface area contributed by atoms with Crippen molar-refractivity contribution < 1.29 is 0 Å². The molecule has 0 fully saturated rings. The number of hydrogen-bond acceptors (Lipinski definition) is 3. The predicted molar refractivity (Wildman–Crippen MR) is 191 cm³/mol.